The van der Waals surface area contributed by atoms with Crippen molar-refractivity contribution in [2.24, 2.45) is 0 Å². The first kappa shape index (κ1) is 15.6. The number of hydrogen-bond donors (Lipinski definition) is 1. The number of hydrogen-bond acceptors (Lipinski definition) is 2. The summed E-state index contributed by atoms with van der Waals surface area (Å²) >= 11 is 0. The quantitative estimate of drug-likeness (QED) is 0.736. The molecule has 0 amide bonds. The second-order valence-electron chi connectivity index (χ2n) is 5.35. The van der Waals surface area contributed by atoms with Crippen LogP contribution in [0.5, 0.6) is 5.75 Å². The number of benzene rings is 2. The van der Waals surface area contributed by atoms with Crippen molar-refractivity contribution in [1.82, 2.24) is 5.32 Å². The number of rotatable bonds is 8. The van der Waals surface area contributed by atoms with Gasteiger partial charge in [0.15, 0.2) is 0 Å². The summed E-state index contributed by atoms with van der Waals surface area (Å²) in [7, 11) is 0. The third kappa shape index (κ3) is 5.24. The van der Waals surface area contributed by atoms with E-state index in [0.29, 0.717) is 0 Å². The topological polar surface area (TPSA) is 21.3 Å². The SMILES string of the molecule is CCCOc1ccc(CNCCc2ccccc2C)cc1. The molecule has 0 bridgehead atoms. The Morgan fingerprint density at radius 1 is 1.00 bits per heavy atom. The highest BCUT2D eigenvalue weighted by molar-refractivity contribution is 5.27. The summed E-state index contributed by atoms with van der Waals surface area (Å²) in [6, 6.07) is 16.9. The molecular weight excluding hydrogens is 258 g/mol. The zero-order valence-corrected chi connectivity index (χ0v) is 13.1. The lowest BCUT2D eigenvalue weighted by Crippen LogP contribution is -2.17. The Morgan fingerprint density at radius 2 is 1.76 bits per heavy atom. The lowest BCUT2D eigenvalue weighted by Gasteiger charge is -2.08. The van der Waals surface area contributed by atoms with Crippen molar-refractivity contribution >= 4 is 0 Å². The highest BCUT2D eigenvalue weighted by atomic mass is 16.5. The van der Waals surface area contributed by atoms with Crippen LogP contribution in [-0.2, 0) is 13.0 Å². The Hall–Kier alpha value is -1.80. The van der Waals surface area contributed by atoms with Crippen LogP contribution in [0.4, 0.5) is 0 Å². The molecule has 0 radical (unpaired) electrons. The molecule has 0 aliphatic carbocycles. The molecular formula is C19H25NO. The Bertz CT molecular complexity index is 534. The maximum atomic E-state index is 5.59. The molecule has 1 N–H and O–H groups in total. The van der Waals surface area contributed by atoms with Crippen molar-refractivity contribution in [3.05, 3.63) is 65.2 Å². The maximum absolute atomic E-state index is 5.59. The smallest absolute Gasteiger partial charge is 0.119 e. The van der Waals surface area contributed by atoms with E-state index in [2.05, 4.69) is 55.6 Å². The van der Waals surface area contributed by atoms with Gasteiger partial charge in [-0.1, -0.05) is 43.3 Å². The molecule has 2 rings (SSSR count). The van der Waals surface area contributed by atoms with Crippen molar-refractivity contribution in [3.63, 3.8) is 0 Å². The fraction of sp³-hybridized carbons (Fsp3) is 0.368. The Kier molecular flexibility index (Phi) is 6.29. The summed E-state index contributed by atoms with van der Waals surface area (Å²) in [5, 5.41) is 3.50. The lowest BCUT2D eigenvalue weighted by atomic mass is 10.1. The molecule has 0 aliphatic heterocycles. The van der Waals surface area contributed by atoms with Crippen molar-refractivity contribution in [1.29, 1.82) is 0 Å². The van der Waals surface area contributed by atoms with E-state index in [0.717, 1.165) is 38.3 Å². The predicted octanol–water partition coefficient (Wildman–Crippen LogP) is 4.12. The molecule has 0 atom stereocenters. The van der Waals surface area contributed by atoms with Gasteiger partial charge in [0.1, 0.15) is 5.75 Å². The van der Waals surface area contributed by atoms with Gasteiger partial charge in [-0.3, -0.25) is 0 Å². The molecule has 0 saturated carbocycles. The number of aryl methyl sites for hydroxylation is 1. The summed E-state index contributed by atoms with van der Waals surface area (Å²) in [6.45, 7) is 6.98. The molecule has 2 heteroatoms. The minimum atomic E-state index is 0.786. The van der Waals surface area contributed by atoms with Gasteiger partial charge in [-0.15, -0.1) is 0 Å². The van der Waals surface area contributed by atoms with Crippen LogP contribution in [0.1, 0.15) is 30.0 Å². The molecule has 0 aliphatic rings. The molecule has 0 saturated heterocycles. The van der Waals surface area contributed by atoms with Gasteiger partial charge in [0.25, 0.3) is 0 Å². The molecule has 112 valence electrons. The average molecular weight is 283 g/mol. The maximum Gasteiger partial charge on any atom is 0.119 e. The Morgan fingerprint density at radius 3 is 2.48 bits per heavy atom. The molecule has 2 aromatic rings. The molecule has 0 unspecified atom stereocenters. The van der Waals surface area contributed by atoms with E-state index < -0.39 is 0 Å². The van der Waals surface area contributed by atoms with Crippen LogP contribution < -0.4 is 10.1 Å². The van der Waals surface area contributed by atoms with Crippen LogP contribution >= 0.6 is 0 Å². The molecule has 2 aromatic carbocycles. The van der Waals surface area contributed by atoms with Gasteiger partial charge >= 0.3 is 0 Å². The first-order valence-electron chi connectivity index (χ1n) is 7.76. The van der Waals surface area contributed by atoms with E-state index in [4.69, 9.17) is 4.74 Å². The van der Waals surface area contributed by atoms with Crippen LogP contribution in [0.3, 0.4) is 0 Å². The van der Waals surface area contributed by atoms with E-state index in [1.165, 1.54) is 16.7 Å². The molecule has 0 spiro atoms. The average Bonchev–Trinajstić information content (AvgIpc) is 2.52. The van der Waals surface area contributed by atoms with Crippen LogP contribution in [0, 0.1) is 6.92 Å². The zero-order chi connectivity index (χ0) is 14.9. The minimum absolute atomic E-state index is 0.786. The Balaban J connectivity index is 1.72. The summed E-state index contributed by atoms with van der Waals surface area (Å²) < 4.78 is 5.59. The number of nitrogens with one attached hydrogen (secondary N) is 1. The normalized spacial score (nSPS) is 10.6. The standard InChI is InChI=1S/C19H25NO/c1-3-14-21-19-10-8-17(9-11-19)15-20-13-12-18-7-5-4-6-16(18)2/h4-11,20H,3,12-15H2,1-2H3. The second kappa shape index (κ2) is 8.48. The summed E-state index contributed by atoms with van der Waals surface area (Å²) in [5.74, 6) is 0.959. The fourth-order valence-electron chi connectivity index (χ4n) is 2.27. The fourth-order valence-corrected chi connectivity index (χ4v) is 2.27. The van der Waals surface area contributed by atoms with Crippen LogP contribution in [-0.4, -0.2) is 13.2 Å². The van der Waals surface area contributed by atoms with Gasteiger partial charge in [-0.2, -0.15) is 0 Å². The summed E-state index contributed by atoms with van der Waals surface area (Å²) in [6.07, 6.45) is 2.12. The largest absolute Gasteiger partial charge is 0.494 e. The van der Waals surface area contributed by atoms with E-state index in [1.807, 2.05) is 12.1 Å². The lowest BCUT2D eigenvalue weighted by molar-refractivity contribution is 0.317. The third-order valence-corrected chi connectivity index (χ3v) is 3.56. The second-order valence-corrected chi connectivity index (χ2v) is 5.35. The molecule has 21 heavy (non-hydrogen) atoms. The van der Waals surface area contributed by atoms with Crippen molar-refractivity contribution in [3.8, 4) is 5.75 Å². The highest BCUT2D eigenvalue weighted by Gasteiger charge is 1.98. The van der Waals surface area contributed by atoms with Crippen LogP contribution in [0.25, 0.3) is 0 Å². The van der Waals surface area contributed by atoms with Gasteiger partial charge in [0.2, 0.25) is 0 Å². The van der Waals surface area contributed by atoms with Gasteiger partial charge in [-0.05, 0) is 55.1 Å². The van der Waals surface area contributed by atoms with E-state index in [1.54, 1.807) is 0 Å². The summed E-state index contributed by atoms with van der Waals surface area (Å²) in [5.41, 5.74) is 4.09. The van der Waals surface area contributed by atoms with Crippen molar-refractivity contribution in [2.45, 2.75) is 33.2 Å². The molecule has 0 heterocycles. The molecule has 0 fully saturated rings. The first-order chi connectivity index (χ1) is 10.3. The van der Waals surface area contributed by atoms with Gasteiger partial charge in [0.05, 0.1) is 6.61 Å². The van der Waals surface area contributed by atoms with Crippen molar-refractivity contribution < 1.29 is 4.74 Å². The summed E-state index contributed by atoms with van der Waals surface area (Å²) in [4.78, 5) is 0. The Labute approximate surface area is 128 Å². The van der Waals surface area contributed by atoms with E-state index in [-0.39, 0.29) is 0 Å². The van der Waals surface area contributed by atoms with Gasteiger partial charge in [0, 0.05) is 6.54 Å². The number of ether oxygens (including phenoxy) is 1. The van der Waals surface area contributed by atoms with Crippen LogP contribution in [0.15, 0.2) is 48.5 Å². The minimum Gasteiger partial charge on any atom is -0.494 e. The third-order valence-electron chi connectivity index (χ3n) is 3.56. The molecule has 0 aromatic heterocycles. The molecule has 2 nitrogen and oxygen atoms in total. The highest BCUT2D eigenvalue weighted by Crippen LogP contribution is 2.12. The first-order valence-corrected chi connectivity index (χ1v) is 7.76. The van der Waals surface area contributed by atoms with Crippen molar-refractivity contribution in [2.75, 3.05) is 13.2 Å². The van der Waals surface area contributed by atoms with E-state index in [9.17, 15) is 0 Å². The van der Waals surface area contributed by atoms with Crippen LogP contribution in [0.2, 0.25) is 0 Å². The zero-order valence-electron chi connectivity index (χ0n) is 13.1. The van der Waals surface area contributed by atoms with E-state index >= 15 is 0 Å². The monoisotopic (exact) mass is 283 g/mol. The van der Waals surface area contributed by atoms with Gasteiger partial charge < -0.3 is 10.1 Å². The van der Waals surface area contributed by atoms with Gasteiger partial charge in [-0.25, -0.2) is 0 Å². The predicted molar refractivity (Wildman–Crippen MR) is 88.8 cm³/mol.